The molecule has 4 rings (SSSR count). The zero-order valence-electron chi connectivity index (χ0n) is 18.9. The number of morpholine rings is 1. The summed E-state index contributed by atoms with van der Waals surface area (Å²) in [6.45, 7) is 3.33. The molecule has 9 nitrogen and oxygen atoms in total. The number of rotatable bonds is 8. The number of aromatic nitrogens is 2. The van der Waals surface area contributed by atoms with Gasteiger partial charge in [0.25, 0.3) is 10.0 Å². The van der Waals surface area contributed by atoms with E-state index in [1.807, 2.05) is 24.1 Å². The monoisotopic (exact) mass is 595 g/mol. The number of pyridine rings is 2. The molecule has 3 aromatic rings. The molecule has 11 heteroatoms. The van der Waals surface area contributed by atoms with E-state index in [-0.39, 0.29) is 10.8 Å². The number of hydrogen-bond donors (Lipinski definition) is 1. The Kier molecular flexibility index (Phi) is 7.86. The zero-order valence-corrected chi connectivity index (χ0v) is 21.9. The molecule has 0 radical (unpaired) electrons. The van der Waals surface area contributed by atoms with Gasteiger partial charge in [0.1, 0.15) is 0 Å². The maximum absolute atomic E-state index is 13.3. The molecule has 1 saturated heterocycles. The van der Waals surface area contributed by atoms with E-state index >= 15 is 0 Å². The van der Waals surface area contributed by atoms with Crippen LogP contribution in [0, 0.1) is 0 Å². The number of anilines is 2. The number of benzene rings is 1. The van der Waals surface area contributed by atoms with Crippen molar-refractivity contribution in [1.82, 2.24) is 13.1 Å². The first-order valence-corrected chi connectivity index (χ1v) is 13.1. The summed E-state index contributed by atoms with van der Waals surface area (Å²) in [5.41, 5.74) is 4.00. The Labute approximate surface area is 213 Å². The Hall–Kier alpha value is -2.48. The lowest BCUT2D eigenvalue weighted by atomic mass is 10.1. The lowest BCUT2D eigenvalue weighted by Crippen LogP contribution is -2.36. The van der Waals surface area contributed by atoms with E-state index in [9.17, 15) is 8.42 Å². The highest BCUT2D eigenvalue weighted by atomic mass is 127. The molecule has 3 heterocycles. The van der Waals surface area contributed by atoms with Crippen molar-refractivity contribution in [2.45, 2.75) is 11.4 Å². The van der Waals surface area contributed by atoms with Crippen LogP contribution in [0.15, 0.2) is 59.9 Å². The van der Waals surface area contributed by atoms with Crippen LogP contribution in [0.4, 0.5) is 11.4 Å². The van der Waals surface area contributed by atoms with E-state index in [0.29, 0.717) is 37.7 Å². The summed E-state index contributed by atoms with van der Waals surface area (Å²) in [4.78, 5) is 10.5. The number of methoxy groups -OCH3 is 1. The summed E-state index contributed by atoms with van der Waals surface area (Å²) in [6, 6.07) is 11.5. The third-order valence-electron chi connectivity index (χ3n) is 5.34. The molecule has 0 spiro atoms. The number of nitrogens with one attached hydrogen (secondary N) is 1. The third-order valence-corrected chi connectivity index (χ3v) is 7.06. The molecule has 180 valence electrons. The van der Waals surface area contributed by atoms with E-state index in [1.165, 1.54) is 18.9 Å². The molecule has 0 aliphatic carbocycles. The number of nitrogens with zero attached hydrogens (tertiary/aromatic N) is 4. The Morgan fingerprint density at radius 1 is 1.12 bits per heavy atom. The molecule has 0 bridgehead atoms. The first-order valence-electron chi connectivity index (χ1n) is 10.7. The first-order chi connectivity index (χ1) is 16.4. The van der Waals surface area contributed by atoms with Crippen LogP contribution < -0.4 is 14.4 Å². The number of hydrogen-bond acceptors (Lipinski definition) is 8. The second-order valence-electron chi connectivity index (χ2n) is 7.83. The van der Waals surface area contributed by atoms with Crippen molar-refractivity contribution in [3.8, 4) is 17.0 Å². The number of ether oxygens (including phenoxy) is 2. The van der Waals surface area contributed by atoms with Crippen molar-refractivity contribution in [2.24, 2.45) is 0 Å². The van der Waals surface area contributed by atoms with E-state index < -0.39 is 10.0 Å². The molecule has 0 amide bonds. The normalized spacial score (nSPS) is 14.3. The van der Waals surface area contributed by atoms with E-state index in [4.69, 9.17) is 9.47 Å². The van der Waals surface area contributed by atoms with Gasteiger partial charge in [0, 0.05) is 54.3 Å². The van der Waals surface area contributed by atoms with Crippen LogP contribution in [-0.2, 0) is 21.3 Å². The highest BCUT2D eigenvalue weighted by Gasteiger charge is 2.24. The van der Waals surface area contributed by atoms with Crippen molar-refractivity contribution in [2.75, 3.05) is 50.1 Å². The van der Waals surface area contributed by atoms with Crippen LogP contribution in [0.2, 0.25) is 0 Å². The molecule has 1 fully saturated rings. The van der Waals surface area contributed by atoms with Crippen molar-refractivity contribution >= 4 is 44.3 Å². The van der Waals surface area contributed by atoms with Crippen LogP contribution in [0.5, 0.6) is 5.88 Å². The smallest absolute Gasteiger partial charge is 0.267 e. The van der Waals surface area contributed by atoms with Gasteiger partial charge in [-0.25, -0.2) is 16.5 Å². The summed E-state index contributed by atoms with van der Waals surface area (Å²) in [6.07, 6.45) is 4.80. The first kappa shape index (κ1) is 24.6. The van der Waals surface area contributed by atoms with E-state index in [1.54, 1.807) is 24.5 Å². The molecule has 2 aromatic heterocycles. The van der Waals surface area contributed by atoms with Gasteiger partial charge in [-0.3, -0.25) is 9.71 Å². The minimum atomic E-state index is -3.98. The third kappa shape index (κ3) is 5.95. The predicted molar refractivity (Wildman–Crippen MR) is 140 cm³/mol. The predicted octanol–water partition coefficient (Wildman–Crippen LogP) is 3.57. The maximum Gasteiger partial charge on any atom is 0.267 e. The molecule has 1 aliphatic rings. The highest BCUT2D eigenvalue weighted by molar-refractivity contribution is 14.1. The van der Waals surface area contributed by atoms with E-state index in [0.717, 1.165) is 17.7 Å². The van der Waals surface area contributed by atoms with Crippen LogP contribution >= 0.6 is 22.9 Å². The van der Waals surface area contributed by atoms with Crippen molar-refractivity contribution in [3.05, 3.63) is 60.6 Å². The van der Waals surface area contributed by atoms with Crippen LogP contribution in [0.1, 0.15) is 5.56 Å². The van der Waals surface area contributed by atoms with E-state index in [2.05, 4.69) is 52.8 Å². The number of halogens is 1. The second kappa shape index (κ2) is 10.8. The van der Waals surface area contributed by atoms with Gasteiger partial charge in [0.2, 0.25) is 5.88 Å². The highest BCUT2D eigenvalue weighted by Crippen LogP contribution is 2.29. The SMILES string of the molecule is COc1ncc(N2CCOCC2)cc1S(=O)(=O)Nc1cncc(-c2ccc(CN(C)I)cc2)c1. The topological polar surface area (TPSA) is 96.9 Å². The quantitative estimate of drug-likeness (QED) is 0.312. The minimum Gasteiger partial charge on any atom is -0.480 e. The Morgan fingerprint density at radius 2 is 1.85 bits per heavy atom. The minimum absolute atomic E-state index is 0.0309. The molecule has 34 heavy (non-hydrogen) atoms. The molecule has 1 aromatic carbocycles. The van der Waals surface area contributed by atoms with Gasteiger partial charge in [0.05, 0.1) is 44.1 Å². The zero-order chi connectivity index (χ0) is 24.1. The molecule has 0 saturated carbocycles. The summed E-state index contributed by atoms with van der Waals surface area (Å²) >= 11 is 2.24. The molecule has 0 atom stereocenters. The largest absolute Gasteiger partial charge is 0.480 e. The molecular weight excluding hydrogens is 569 g/mol. The van der Waals surface area contributed by atoms with Gasteiger partial charge < -0.3 is 14.4 Å². The molecule has 0 unspecified atom stereocenters. The molecule has 1 aliphatic heterocycles. The molecule has 1 N–H and O–H groups in total. The summed E-state index contributed by atoms with van der Waals surface area (Å²) < 4.78 is 41.9. The van der Waals surface area contributed by atoms with Gasteiger partial charge in [0.15, 0.2) is 4.90 Å². The average molecular weight is 595 g/mol. The number of sulfonamides is 1. The molecular formula is C23H26IN5O4S. The second-order valence-corrected chi connectivity index (χ2v) is 11.1. The Morgan fingerprint density at radius 3 is 2.53 bits per heavy atom. The van der Waals surface area contributed by atoms with Gasteiger partial charge in [-0.15, -0.1) is 0 Å². The lowest BCUT2D eigenvalue weighted by molar-refractivity contribution is 0.122. The Balaban J connectivity index is 1.59. The van der Waals surface area contributed by atoms with Crippen LogP contribution in [0.3, 0.4) is 0 Å². The standard InChI is InChI=1S/C23H26IN5O4S/c1-28(24)16-17-3-5-18(6-4-17)19-11-20(14-25-13-19)27-34(30,31)22-12-21(15-26-23(22)32-2)29-7-9-33-10-8-29/h3-6,11-15,27H,7-10,16H2,1-2H3. The van der Waals surface area contributed by atoms with Gasteiger partial charge in [-0.1, -0.05) is 24.3 Å². The fraction of sp³-hybridized carbons (Fsp3) is 0.304. The average Bonchev–Trinajstić information content (AvgIpc) is 2.84. The van der Waals surface area contributed by atoms with Gasteiger partial charge in [-0.05, 0) is 30.3 Å². The van der Waals surface area contributed by atoms with Crippen LogP contribution in [0.25, 0.3) is 11.1 Å². The van der Waals surface area contributed by atoms with Crippen molar-refractivity contribution in [1.29, 1.82) is 0 Å². The summed E-state index contributed by atoms with van der Waals surface area (Å²) in [5, 5.41) is 0. The fourth-order valence-electron chi connectivity index (χ4n) is 3.68. The van der Waals surface area contributed by atoms with Gasteiger partial charge >= 0.3 is 0 Å². The summed E-state index contributed by atoms with van der Waals surface area (Å²) in [7, 11) is -0.569. The maximum atomic E-state index is 13.3. The Bertz CT molecular complexity index is 1230. The van der Waals surface area contributed by atoms with Crippen molar-refractivity contribution < 1.29 is 17.9 Å². The van der Waals surface area contributed by atoms with Crippen molar-refractivity contribution in [3.63, 3.8) is 0 Å². The van der Waals surface area contributed by atoms with Crippen LogP contribution in [-0.4, -0.2) is 62.0 Å². The van der Waals surface area contributed by atoms with Gasteiger partial charge in [-0.2, -0.15) is 0 Å². The summed E-state index contributed by atoms with van der Waals surface area (Å²) in [5.74, 6) is 0.0319. The fourth-order valence-corrected chi connectivity index (χ4v) is 5.25. The lowest BCUT2D eigenvalue weighted by Gasteiger charge is -2.29.